The molecule has 1 aromatic rings. The van der Waals surface area contributed by atoms with E-state index in [2.05, 4.69) is 25.9 Å². The van der Waals surface area contributed by atoms with Crippen molar-refractivity contribution in [2.75, 3.05) is 18.1 Å². The van der Waals surface area contributed by atoms with Crippen LogP contribution in [-0.2, 0) is 14.3 Å². The number of aromatic nitrogens is 2. The van der Waals surface area contributed by atoms with Crippen molar-refractivity contribution in [3.8, 4) is 0 Å². The van der Waals surface area contributed by atoms with E-state index >= 15 is 0 Å². The van der Waals surface area contributed by atoms with Crippen LogP contribution in [-0.4, -0.2) is 35.0 Å². The quantitative estimate of drug-likeness (QED) is 0.679. The van der Waals surface area contributed by atoms with E-state index in [0.717, 1.165) is 4.90 Å². The lowest BCUT2D eigenvalue weighted by Crippen LogP contribution is -2.46. The summed E-state index contributed by atoms with van der Waals surface area (Å²) in [5.41, 5.74) is 0. The Morgan fingerprint density at radius 3 is 2.40 bits per heavy atom. The van der Waals surface area contributed by atoms with Gasteiger partial charge in [0.1, 0.15) is 17.8 Å². The molecule has 15 heavy (non-hydrogen) atoms. The molecule has 0 aliphatic carbocycles. The summed E-state index contributed by atoms with van der Waals surface area (Å²) in [7, 11) is 0. The van der Waals surface area contributed by atoms with Gasteiger partial charge in [0.15, 0.2) is 5.82 Å². The first-order valence-electron chi connectivity index (χ1n) is 4.09. The second-order valence-corrected chi connectivity index (χ2v) is 3.63. The number of amides is 2. The van der Waals surface area contributed by atoms with E-state index in [9.17, 15) is 9.59 Å². The Kier molecular flexibility index (Phi) is 2.74. The van der Waals surface area contributed by atoms with Gasteiger partial charge in [0, 0.05) is 0 Å². The number of rotatable bonds is 1. The van der Waals surface area contributed by atoms with Crippen molar-refractivity contribution >= 4 is 33.6 Å². The number of hydrogen-bond acceptors (Lipinski definition) is 5. The highest BCUT2D eigenvalue weighted by molar-refractivity contribution is 9.10. The van der Waals surface area contributed by atoms with Gasteiger partial charge < -0.3 is 4.74 Å². The summed E-state index contributed by atoms with van der Waals surface area (Å²) in [5.74, 6) is -0.637. The fraction of sp³-hybridized carbons (Fsp3) is 0.250. The van der Waals surface area contributed by atoms with Gasteiger partial charge in [0.05, 0.1) is 12.4 Å². The molecule has 2 amide bonds. The van der Waals surface area contributed by atoms with Crippen LogP contribution >= 0.6 is 15.9 Å². The van der Waals surface area contributed by atoms with E-state index in [1.165, 1.54) is 12.4 Å². The van der Waals surface area contributed by atoms with E-state index in [1.54, 1.807) is 0 Å². The zero-order valence-corrected chi connectivity index (χ0v) is 9.10. The lowest BCUT2D eigenvalue weighted by Gasteiger charge is -2.23. The maximum absolute atomic E-state index is 11.4. The first kappa shape index (κ1) is 10.2. The van der Waals surface area contributed by atoms with E-state index in [1.807, 2.05) is 0 Å². The normalized spacial score (nSPS) is 17.0. The van der Waals surface area contributed by atoms with Gasteiger partial charge in [-0.15, -0.1) is 0 Å². The average molecular weight is 272 g/mol. The van der Waals surface area contributed by atoms with Gasteiger partial charge in [-0.1, -0.05) is 0 Å². The van der Waals surface area contributed by atoms with E-state index < -0.39 is 11.8 Å². The first-order chi connectivity index (χ1) is 7.18. The summed E-state index contributed by atoms with van der Waals surface area (Å²) < 4.78 is 5.31. The minimum Gasteiger partial charge on any atom is -0.362 e. The number of imide groups is 1. The topological polar surface area (TPSA) is 72.4 Å². The molecule has 0 radical (unpaired) electrons. The molecule has 1 fully saturated rings. The van der Waals surface area contributed by atoms with Crippen molar-refractivity contribution in [3.05, 3.63) is 17.0 Å². The van der Waals surface area contributed by atoms with Crippen molar-refractivity contribution in [3.63, 3.8) is 0 Å². The van der Waals surface area contributed by atoms with Crippen molar-refractivity contribution in [2.45, 2.75) is 0 Å². The number of carbonyl (C=O) groups is 2. The lowest BCUT2D eigenvalue weighted by atomic mass is 10.4. The van der Waals surface area contributed by atoms with E-state index in [4.69, 9.17) is 4.74 Å². The van der Waals surface area contributed by atoms with Crippen molar-refractivity contribution < 1.29 is 14.3 Å². The predicted molar refractivity (Wildman–Crippen MR) is 53.0 cm³/mol. The van der Waals surface area contributed by atoms with Crippen LogP contribution in [0.1, 0.15) is 0 Å². The third kappa shape index (κ3) is 2.02. The van der Waals surface area contributed by atoms with Gasteiger partial charge >= 0.3 is 0 Å². The maximum Gasteiger partial charge on any atom is 0.261 e. The van der Waals surface area contributed by atoms with E-state index in [0.29, 0.717) is 4.60 Å². The highest BCUT2D eigenvalue weighted by Gasteiger charge is 2.29. The van der Waals surface area contributed by atoms with Crippen LogP contribution in [0.4, 0.5) is 5.82 Å². The number of anilines is 1. The highest BCUT2D eigenvalue weighted by Crippen LogP contribution is 2.14. The Morgan fingerprint density at radius 2 is 1.87 bits per heavy atom. The highest BCUT2D eigenvalue weighted by atomic mass is 79.9. The molecule has 1 saturated heterocycles. The summed E-state index contributed by atoms with van der Waals surface area (Å²) >= 11 is 3.11. The monoisotopic (exact) mass is 271 g/mol. The Hall–Kier alpha value is -1.34. The smallest absolute Gasteiger partial charge is 0.261 e. The molecule has 0 atom stereocenters. The predicted octanol–water partition coefficient (Wildman–Crippen LogP) is 0.129. The fourth-order valence-electron chi connectivity index (χ4n) is 1.17. The lowest BCUT2D eigenvalue weighted by molar-refractivity contribution is -0.138. The minimum atomic E-state index is -0.428. The Bertz CT molecular complexity index is 390. The molecular formula is C8H6BrN3O3. The van der Waals surface area contributed by atoms with Crippen LogP contribution in [0, 0.1) is 0 Å². The molecule has 2 heterocycles. The van der Waals surface area contributed by atoms with Gasteiger partial charge in [-0.3, -0.25) is 9.59 Å². The average Bonchev–Trinajstić information content (AvgIpc) is 2.20. The molecule has 0 spiro atoms. The first-order valence-corrected chi connectivity index (χ1v) is 4.89. The van der Waals surface area contributed by atoms with E-state index in [-0.39, 0.29) is 19.0 Å². The van der Waals surface area contributed by atoms with Crippen LogP contribution < -0.4 is 4.90 Å². The van der Waals surface area contributed by atoms with Crippen LogP contribution in [0.25, 0.3) is 0 Å². The molecule has 1 aliphatic rings. The van der Waals surface area contributed by atoms with Crippen LogP contribution in [0.2, 0.25) is 0 Å². The van der Waals surface area contributed by atoms with Crippen LogP contribution in [0.5, 0.6) is 0 Å². The minimum absolute atomic E-state index is 0.108. The summed E-state index contributed by atoms with van der Waals surface area (Å²) in [6.07, 6.45) is 2.77. The molecule has 1 aromatic heterocycles. The third-order valence-electron chi connectivity index (χ3n) is 1.79. The third-order valence-corrected chi connectivity index (χ3v) is 2.20. The number of nitrogens with zero attached hydrogens (tertiary/aromatic N) is 3. The number of halogens is 1. The van der Waals surface area contributed by atoms with Gasteiger partial charge in [-0.2, -0.15) is 0 Å². The van der Waals surface area contributed by atoms with Crippen LogP contribution in [0.3, 0.4) is 0 Å². The molecule has 0 saturated carbocycles. The molecule has 2 rings (SSSR count). The number of hydrogen-bond donors (Lipinski definition) is 0. The molecule has 7 heteroatoms. The molecule has 78 valence electrons. The molecule has 0 bridgehead atoms. The Balaban J connectivity index is 2.31. The largest absolute Gasteiger partial charge is 0.362 e. The molecule has 6 nitrogen and oxygen atoms in total. The van der Waals surface area contributed by atoms with Gasteiger partial charge in [-0.05, 0) is 15.9 Å². The summed E-state index contributed by atoms with van der Waals surface area (Å²) in [6, 6.07) is 0. The van der Waals surface area contributed by atoms with Crippen molar-refractivity contribution in [1.29, 1.82) is 0 Å². The van der Waals surface area contributed by atoms with Gasteiger partial charge in [0.25, 0.3) is 11.8 Å². The SMILES string of the molecule is O=C1COCC(=O)N1c1cnc(Br)cn1. The van der Waals surface area contributed by atoms with Gasteiger partial charge in [0.2, 0.25) is 0 Å². The second kappa shape index (κ2) is 4.03. The number of ether oxygens (including phenoxy) is 1. The van der Waals surface area contributed by atoms with Crippen molar-refractivity contribution in [1.82, 2.24) is 9.97 Å². The summed E-state index contributed by atoms with van der Waals surface area (Å²) in [5, 5.41) is 0. The zero-order valence-electron chi connectivity index (χ0n) is 7.51. The molecule has 0 unspecified atom stereocenters. The summed E-state index contributed by atoms with van der Waals surface area (Å²) in [6.45, 7) is -0.215. The summed E-state index contributed by atoms with van der Waals surface area (Å²) in [4.78, 5) is 31.6. The molecule has 0 N–H and O–H groups in total. The fourth-order valence-corrected chi connectivity index (χ4v) is 1.38. The Labute approximate surface area is 93.4 Å². The Morgan fingerprint density at radius 1 is 1.20 bits per heavy atom. The maximum atomic E-state index is 11.4. The number of carbonyl (C=O) groups excluding carboxylic acids is 2. The zero-order chi connectivity index (χ0) is 10.8. The number of morpholine rings is 1. The molecular weight excluding hydrogens is 266 g/mol. The molecule has 0 aromatic carbocycles. The second-order valence-electron chi connectivity index (χ2n) is 2.81. The standard InChI is InChI=1S/C8H6BrN3O3/c9-5-1-11-6(2-10-5)12-7(13)3-15-4-8(12)14/h1-2H,3-4H2. The van der Waals surface area contributed by atoms with Crippen molar-refractivity contribution in [2.24, 2.45) is 0 Å². The molecule has 1 aliphatic heterocycles. The van der Waals surface area contributed by atoms with Crippen LogP contribution in [0.15, 0.2) is 17.0 Å². The van der Waals surface area contributed by atoms with Gasteiger partial charge in [-0.25, -0.2) is 14.9 Å².